The highest BCUT2D eigenvalue weighted by atomic mass is 16.5. The topological polar surface area (TPSA) is 77.2 Å². The Balaban J connectivity index is 1.72. The molecule has 0 saturated heterocycles. The molecule has 0 saturated carbocycles. The first kappa shape index (κ1) is 17.1. The lowest BCUT2D eigenvalue weighted by molar-refractivity contribution is -0.121. The smallest absolute Gasteiger partial charge is 0.226 e. The maximum Gasteiger partial charge on any atom is 0.226 e. The summed E-state index contributed by atoms with van der Waals surface area (Å²) in [5.74, 6) is 1.19. The van der Waals surface area contributed by atoms with Gasteiger partial charge in [-0.15, -0.1) is 0 Å². The van der Waals surface area contributed by atoms with Crippen molar-refractivity contribution in [2.45, 2.75) is 32.6 Å². The molecule has 0 fully saturated rings. The molecule has 0 aliphatic carbocycles. The van der Waals surface area contributed by atoms with E-state index in [1.165, 1.54) is 5.56 Å². The van der Waals surface area contributed by atoms with E-state index in [4.69, 9.17) is 9.26 Å². The van der Waals surface area contributed by atoms with Crippen LogP contribution < -0.4 is 5.32 Å². The predicted molar refractivity (Wildman–Crippen MR) is 86.9 cm³/mol. The molecular weight excluding hydrogens is 294 g/mol. The Morgan fingerprint density at radius 1 is 1.26 bits per heavy atom. The van der Waals surface area contributed by atoms with Gasteiger partial charge in [-0.25, -0.2) is 0 Å². The van der Waals surface area contributed by atoms with E-state index in [2.05, 4.69) is 15.5 Å². The van der Waals surface area contributed by atoms with Gasteiger partial charge in [0.25, 0.3) is 0 Å². The van der Waals surface area contributed by atoms with Crippen molar-refractivity contribution in [3.63, 3.8) is 0 Å². The molecule has 0 radical (unpaired) electrons. The van der Waals surface area contributed by atoms with E-state index in [0.29, 0.717) is 44.1 Å². The first-order valence-electron chi connectivity index (χ1n) is 7.84. The molecule has 2 rings (SSSR count). The van der Waals surface area contributed by atoms with E-state index in [0.717, 1.165) is 12.0 Å². The Hall–Kier alpha value is -2.21. The minimum absolute atomic E-state index is 0.0411. The highest BCUT2D eigenvalue weighted by Crippen LogP contribution is 2.16. The first-order chi connectivity index (χ1) is 11.2. The van der Waals surface area contributed by atoms with Crippen LogP contribution in [0.5, 0.6) is 0 Å². The molecule has 6 heteroatoms. The van der Waals surface area contributed by atoms with Crippen molar-refractivity contribution < 1.29 is 14.1 Å². The fraction of sp³-hybridized carbons (Fsp3) is 0.471. The van der Waals surface area contributed by atoms with Crippen molar-refractivity contribution >= 4 is 5.91 Å². The zero-order chi connectivity index (χ0) is 16.5. The lowest BCUT2D eigenvalue weighted by Gasteiger charge is -2.03. The van der Waals surface area contributed by atoms with Crippen molar-refractivity contribution in [1.29, 1.82) is 0 Å². The standard InChI is InChI=1S/C17H23N3O3/c1-13-7-9-14(10-8-13)17-19-16(23-20-17)6-3-5-15(21)18-11-4-12-22-2/h7-10H,3-6,11-12H2,1-2H3,(H,18,21). The Morgan fingerprint density at radius 2 is 2.04 bits per heavy atom. The van der Waals surface area contributed by atoms with E-state index in [1.807, 2.05) is 31.2 Å². The summed E-state index contributed by atoms with van der Waals surface area (Å²) in [7, 11) is 1.65. The number of rotatable bonds is 9. The third kappa shape index (κ3) is 5.83. The van der Waals surface area contributed by atoms with Gasteiger partial charge in [0, 0.05) is 38.7 Å². The number of hydrogen-bond donors (Lipinski definition) is 1. The molecule has 1 heterocycles. The van der Waals surface area contributed by atoms with Crippen LogP contribution in [0.1, 0.15) is 30.7 Å². The van der Waals surface area contributed by atoms with Gasteiger partial charge in [0.1, 0.15) is 0 Å². The molecule has 0 aliphatic heterocycles. The number of amides is 1. The number of aromatic nitrogens is 2. The molecule has 0 unspecified atom stereocenters. The molecule has 1 amide bonds. The fourth-order valence-corrected chi connectivity index (χ4v) is 2.11. The lowest BCUT2D eigenvalue weighted by atomic mass is 10.1. The van der Waals surface area contributed by atoms with Crippen LogP contribution in [0.4, 0.5) is 0 Å². The highest BCUT2D eigenvalue weighted by molar-refractivity contribution is 5.75. The monoisotopic (exact) mass is 317 g/mol. The van der Waals surface area contributed by atoms with Crippen LogP contribution in [-0.2, 0) is 16.0 Å². The maximum absolute atomic E-state index is 11.6. The van der Waals surface area contributed by atoms with Gasteiger partial charge < -0.3 is 14.6 Å². The van der Waals surface area contributed by atoms with Crippen LogP contribution in [-0.4, -0.2) is 36.3 Å². The number of carbonyl (C=O) groups excluding carboxylic acids is 1. The Labute approximate surface area is 136 Å². The summed E-state index contributed by atoms with van der Waals surface area (Å²) >= 11 is 0. The van der Waals surface area contributed by atoms with Gasteiger partial charge >= 0.3 is 0 Å². The predicted octanol–water partition coefficient (Wildman–Crippen LogP) is 2.52. The van der Waals surface area contributed by atoms with Crippen LogP contribution in [0.15, 0.2) is 28.8 Å². The Morgan fingerprint density at radius 3 is 2.78 bits per heavy atom. The minimum atomic E-state index is 0.0411. The van der Waals surface area contributed by atoms with Crippen LogP contribution in [0.25, 0.3) is 11.4 Å². The van der Waals surface area contributed by atoms with E-state index in [-0.39, 0.29) is 5.91 Å². The number of methoxy groups -OCH3 is 1. The number of carbonyl (C=O) groups is 1. The number of nitrogens with one attached hydrogen (secondary N) is 1. The van der Waals surface area contributed by atoms with E-state index in [9.17, 15) is 4.79 Å². The molecule has 2 aromatic rings. The molecule has 0 atom stereocenters. The van der Waals surface area contributed by atoms with Crippen molar-refractivity contribution in [1.82, 2.24) is 15.5 Å². The number of hydrogen-bond acceptors (Lipinski definition) is 5. The second-order valence-electron chi connectivity index (χ2n) is 5.43. The van der Waals surface area contributed by atoms with Gasteiger partial charge in [0.2, 0.25) is 17.6 Å². The van der Waals surface area contributed by atoms with Crippen molar-refractivity contribution in [3.8, 4) is 11.4 Å². The fourth-order valence-electron chi connectivity index (χ4n) is 2.11. The molecule has 0 bridgehead atoms. The molecule has 6 nitrogen and oxygen atoms in total. The Bertz CT molecular complexity index is 608. The molecule has 1 N–H and O–H groups in total. The van der Waals surface area contributed by atoms with E-state index >= 15 is 0 Å². The summed E-state index contributed by atoms with van der Waals surface area (Å²) in [6.45, 7) is 3.33. The zero-order valence-electron chi connectivity index (χ0n) is 13.7. The molecule has 0 spiro atoms. The van der Waals surface area contributed by atoms with Crippen molar-refractivity contribution in [2.75, 3.05) is 20.3 Å². The molecule has 1 aromatic carbocycles. The van der Waals surface area contributed by atoms with Gasteiger partial charge in [-0.05, 0) is 19.8 Å². The van der Waals surface area contributed by atoms with Crippen LogP contribution in [0.3, 0.4) is 0 Å². The summed E-state index contributed by atoms with van der Waals surface area (Å²) in [5.41, 5.74) is 2.12. The molecule has 124 valence electrons. The largest absolute Gasteiger partial charge is 0.385 e. The van der Waals surface area contributed by atoms with Gasteiger partial charge in [0.05, 0.1) is 0 Å². The average Bonchev–Trinajstić information content (AvgIpc) is 3.01. The second-order valence-corrected chi connectivity index (χ2v) is 5.43. The van der Waals surface area contributed by atoms with Gasteiger partial charge in [-0.2, -0.15) is 4.98 Å². The zero-order valence-corrected chi connectivity index (χ0v) is 13.7. The SMILES string of the molecule is COCCCNC(=O)CCCc1nc(-c2ccc(C)cc2)no1. The van der Waals surface area contributed by atoms with E-state index in [1.54, 1.807) is 7.11 Å². The van der Waals surface area contributed by atoms with Crippen molar-refractivity contribution in [3.05, 3.63) is 35.7 Å². The molecule has 1 aromatic heterocycles. The van der Waals surface area contributed by atoms with Gasteiger partial charge in [0.15, 0.2) is 0 Å². The highest BCUT2D eigenvalue weighted by Gasteiger charge is 2.09. The molecule has 0 aliphatic rings. The summed E-state index contributed by atoms with van der Waals surface area (Å²) in [6.07, 6.45) is 2.57. The summed E-state index contributed by atoms with van der Waals surface area (Å²) < 4.78 is 10.2. The number of ether oxygens (including phenoxy) is 1. The average molecular weight is 317 g/mol. The van der Waals surface area contributed by atoms with E-state index < -0.39 is 0 Å². The van der Waals surface area contributed by atoms with Crippen LogP contribution >= 0.6 is 0 Å². The lowest BCUT2D eigenvalue weighted by Crippen LogP contribution is -2.24. The quantitative estimate of drug-likeness (QED) is 0.719. The Kier molecular flexibility index (Phi) is 6.75. The first-order valence-corrected chi connectivity index (χ1v) is 7.84. The normalized spacial score (nSPS) is 10.7. The number of nitrogens with zero attached hydrogens (tertiary/aromatic N) is 2. The van der Waals surface area contributed by atoms with Gasteiger partial charge in [-0.3, -0.25) is 4.79 Å². The third-order valence-electron chi connectivity index (χ3n) is 3.42. The maximum atomic E-state index is 11.6. The summed E-state index contributed by atoms with van der Waals surface area (Å²) in [5, 5.41) is 6.84. The second kappa shape index (κ2) is 9.05. The molecular formula is C17H23N3O3. The third-order valence-corrected chi connectivity index (χ3v) is 3.42. The minimum Gasteiger partial charge on any atom is -0.385 e. The van der Waals surface area contributed by atoms with Crippen LogP contribution in [0.2, 0.25) is 0 Å². The summed E-state index contributed by atoms with van der Waals surface area (Å²) in [6, 6.07) is 7.97. The number of aryl methyl sites for hydroxylation is 2. The van der Waals surface area contributed by atoms with Crippen molar-refractivity contribution in [2.24, 2.45) is 0 Å². The van der Waals surface area contributed by atoms with Crippen LogP contribution in [0, 0.1) is 6.92 Å². The number of benzene rings is 1. The summed E-state index contributed by atoms with van der Waals surface area (Å²) in [4.78, 5) is 16.0. The van der Waals surface area contributed by atoms with Gasteiger partial charge in [-0.1, -0.05) is 35.0 Å². The molecule has 23 heavy (non-hydrogen) atoms.